The molecule has 3 heteroatoms. The molecule has 0 saturated carbocycles. The molecule has 0 radical (unpaired) electrons. The van der Waals surface area contributed by atoms with Gasteiger partial charge in [-0.1, -0.05) is 85.5 Å². The summed E-state index contributed by atoms with van der Waals surface area (Å²) < 4.78 is 0. The Balaban J connectivity index is 3.20. The molecule has 0 fully saturated rings. The van der Waals surface area contributed by atoms with Crippen molar-refractivity contribution < 1.29 is 4.79 Å². The summed E-state index contributed by atoms with van der Waals surface area (Å²) in [5, 5.41) is 5.87. The lowest BCUT2D eigenvalue weighted by Crippen LogP contribution is -2.37. The molecule has 0 aromatic heterocycles. The van der Waals surface area contributed by atoms with Crippen LogP contribution in [0.15, 0.2) is 0 Å². The zero-order valence-corrected chi connectivity index (χ0v) is 15.6. The number of carbonyl (C=O) groups is 1. The summed E-state index contributed by atoms with van der Waals surface area (Å²) in [6, 6.07) is -0.0137. The minimum absolute atomic E-state index is 0.0137. The second kappa shape index (κ2) is 13.9. The van der Waals surface area contributed by atoms with Gasteiger partial charge >= 0.3 is 6.03 Å². The van der Waals surface area contributed by atoms with E-state index in [4.69, 9.17) is 0 Å². The molecule has 0 aliphatic heterocycles. The van der Waals surface area contributed by atoms with Crippen LogP contribution in [0.3, 0.4) is 0 Å². The highest BCUT2D eigenvalue weighted by atomic mass is 16.2. The number of amides is 2. The molecular formula is C19H40N2O. The third-order valence-corrected chi connectivity index (χ3v) is 3.98. The zero-order chi connectivity index (χ0) is 16.7. The average molecular weight is 313 g/mol. The highest BCUT2D eigenvalue weighted by Crippen LogP contribution is 2.16. The van der Waals surface area contributed by atoms with E-state index < -0.39 is 0 Å². The van der Waals surface area contributed by atoms with Gasteiger partial charge in [0.25, 0.3) is 0 Å². The largest absolute Gasteiger partial charge is 0.338 e. The maximum Gasteiger partial charge on any atom is 0.314 e. The Morgan fingerprint density at radius 2 is 1.18 bits per heavy atom. The molecule has 0 atom stereocenters. The van der Waals surface area contributed by atoms with Crippen LogP contribution in [0.1, 0.15) is 98.3 Å². The first-order chi connectivity index (χ1) is 10.5. The number of nitrogens with one attached hydrogen (secondary N) is 2. The number of carbonyl (C=O) groups excluding carboxylic acids is 1. The van der Waals surface area contributed by atoms with Gasteiger partial charge in [0, 0.05) is 13.1 Å². The third kappa shape index (κ3) is 17.3. The molecule has 0 heterocycles. The van der Waals surface area contributed by atoms with Crippen molar-refractivity contribution in [1.29, 1.82) is 0 Å². The van der Waals surface area contributed by atoms with E-state index in [0.717, 1.165) is 25.9 Å². The zero-order valence-electron chi connectivity index (χ0n) is 15.6. The third-order valence-electron chi connectivity index (χ3n) is 3.98. The molecule has 0 saturated heterocycles. The molecule has 0 aromatic rings. The molecule has 0 aliphatic carbocycles. The molecular weight excluding hydrogens is 272 g/mol. The molecule has 3 nitrogen and oxygen atoms in total. The molecule has 0 spiro atoms. The summed E-state index contributed by atoms with van der Waals surface area (Å²) in [6.07, 6.45) is 14.3. The quantitative estimate of drug-likeness (QED) is 0.424. The number of hydrogen-bond acceptors (Lipinski definition) is 1. The highest BCUT2D eigenvalue weighted by molar-refractivity contribution is 5.73. The summed E-state index contributed by atoms with van der Waals surface area (Å²) in [5.74, 6) is 0. The van der Waals surface area contributed by atoms with Crippen LogP contribution < -0.4 is 10.6 Å². The summed E-state index contributed by atoms with van der Waals surface area (Å²) in [6.45, 7) is 10.4. The lowest BCUT2D eigenvalue weighted by atomic mass is 9.92. The standard InChI is InChI=1S/C19H40N2O/c1-5-6-7-8-9-10-11-12-13-14-16-20-18(22)21-17-15-19(2,3)4/h5-17H2,1-4H3,(H2,20,21,22). The van der Waals surface area contributed by atoms with Crippen LogP contribution >= 0.6 is 0 Å². The normalized spacial score (nSPS) is 11.5. The Labute approximate surface area is 139 Å². The summed E-state index contributed by atoms with van der Waals surface area (Å²) in [5.41, 5.74) is 0.282. The Kier molecular flexibility index (Phi) is 13.4. The van der Waals surface area contributed by atoms with Crippen molar-refractivity contribution >= 4 is 6.03 Å². The van der Waals surface area contributed by atoms with Crippen molar-refractivity contribution in [2.75, 3.05) is 13.1 Å². The van der Waals surface area contributed by atoms with Crippen LogP contribution in [0.4, 0.5) is 4.79 Å². The van der Waals surface area contributed by atoms with Crippen molar-refractivity contribution in [3.63, 3.8) is 0 Å². The number of rotatable bonds is 13. The molecule has 0 unspecified atom stereocenters. The van der Waals surface area contributed by atoms with Gasteiger partial charge in [0.2, 0.25) is 0 Å². The van der Waals surface area contributed by atoms with E-state index in [-0.39, 0.29) is 11.4 Å². The van der Waals surface area contributed by atoms with Gasteiger partial charge in [-0.05, 0) is 18.3 Å². The highest BCUT2D eigenvalue weighted by Gasteiger charge is 2.09. The lowest BCUT2D eigenvalue weighted by molar-refractivity contribution is 0.238. The van der Waals surface area contributed by atoms with Crippen LogP contribution in [-0.2, 0) is 0 Å². The van der Waals surface area contributed by atoms with Crippen LogP contribution in [0.5, 0.6) is 0 Å². The SMILES string of the molecule is CCCCCCCCCCCCNC(=O)NCCC(C)(C)C. The van der Waals surface area contributed by atoms with E-state index in [1.54, 1.807) is 0 Å². The first-order valence-corrected chi connectivity index (χ1v) is 9.47. The van der Waals surface area contributed by atoms with Crippen molar-refractivity contribution in [1.82, 2.24) is 10.6 Å². The minimum atomic E-state index is -0.0137. The summed E-state index contributed by atoms with van der Waals surface area (Å²) >= 11 is 0. The maximum atomic E-state index is 11.6. The lowest BCUT2D eigenvalue weighted by Gasteiger charge is -2.18. The topological polar surface area (TPSA) is 41.1 Å². The molecule has 0 aromatic carbocycles. The van der Waals surface area contributed by atoms with E-state index in [0.29, 0.717) is 0 Å². The fraction of sp³-hybridized carbons (Fsp3) is 0.947. The number of unbranched alkanes of at least 4 members (excludes halogenated alkanes) is 9. The summed E-state index contributed by atoms with van der Waals surface area (Å²) in [7, 11) is 0. The van der Waals surface area contributed by atoms with E-state index in [1.807, 2.05) is 0 Å². The van der Waals surface area contributed by atoms with Crippen LogP contribution in [-0.4, -0.2) is 19.1 Å². The van der Waals surface area contributed by atoms with Crippen LogP contribution in [0.25, 0.3) is 0 Å². The molecule has 0 aliphatic rings. The molecule has 2 N–H and O–H groups in total. The van der Waals surface area contributed by atoms with Gasteiger partial charge < -0.3 is 10.6 Å². The van der Waals surface area contributed by atoms with Gasteiger partial charge in [-0.2, -0.15) is 0 Å². The minimum Gasteiger partial charge on any atom is -0.338 e. The monoisotopic (exact) mass is 312 g/mol. The van der Waals surface area contributed by atoms with E-state index in [2.05, 4.69) is 38.3 Å². The van der Waals surface area contributed by atoms with E-state index in [9.17, 15) is 4.79 Å². The smallest absolute Gasteiger partial charge is 0.314 e. The fourth-order valence-electron chi connectivity index (χ4n) is 2.43. The average Bonchev–Trinajstić information content (AvgIpc) is 2.43. The molecule has 0 bridgehead atoms. The molecule has 22 heavy (non-hydrogen) atoms. The van der Waals surface area contributed by atoms with Gasteiger partial charge in [0.1, 0.15) is 0 Å². The predicted octanol–water partition coefficient (Wildman–Crippen LogP) is 5.64. The van der Waals surface area contributed by atoms with Gasteiger partial charge in [-0.25, -0.2) is 4.79 Å². The first-order valence-electron chi connectivity index (χ1n) is 9.47. The fourth-order valence-corrected chi connectivity index (χ4v) is 2.43. The number of urea groups is 1. The van der Waals surface area contributed by atoms with E-state index in [1.165, 1.54) is 57.8 Å². The Morgan fingerprint density at radius 1 is 0.727 bits per heavy atom. The van der Waals surface area contributed by atoms with Crippen molar-refractivity contribution in [3.05, 3.63) is 0 Å². The molecule has 2 amide bonds. The Bertz CT molecular complexity index is 259. The first kappa shape index (κ1) is 21.3. The molecule has 0 rings (SSSR count). The van der Waals surface area contributed by atoms with Crippen LogP contribution in [0, 0.1) is 5.41 Å². The second-order valence-corrected chi connectivity index (χ2v) is 7.68. The van der Waals surface area contributed by atoms with Gasteiger partial charge in [-0.3, -0.25) is 0 Å². The Morgan fingerprint density at radius 3 is 1.68 bits per heavy atom. The van der Waals surface area contributed by atoms with Crippen LogP contribution in [0.2, 0.25) is 0 Å². The van der Waals surface area contributed by atoms with Crippen molar-refractivity contribution in [2.45, 2.75) is 98.3 Å². The van der Waals surface area contributed by atoms with E-state index >= 15 is 0 Å². The second-order valence-electron chi connectivity index (χ2n) is 7.68. The van der Waals surface area contributed by atoms with Gasteiger partial charge in [0.05, 0.1) is 0 Å². The van der Waals surface area contributed by atoms with Gasteiger partial charge in [0.15, 0.2) is 0 Å². The van der Waals surface area contributed by atoms with Crippen molar-refractivity contribution in [3.8, 4) is 0 Å². The van der Waals surface area contributed by atoms with Crippen molar-refractivity contribution in [2.24, 2.45) is 5.41 Å². The number of hydrogen-bond donors (Lipinski definition) is 2. The maximum absolute atomic E-state index is 11.6. The predicted molar refractivity (Wildman–Crippen MR) is 97.3 cm³/mol. The Hall–Kier alpha value is -0.730. The summed E-state index contributed by atoms with van der Waals surface area (Å²) in [4.78, 5) is 11.6. The molecule has 132 valence electrons. The van der Waals surface area contributed by atoms with Gasteiger partial charge in [-0.15, -0.1) is 0 Å².